The molecule has 8 heteroatoms. The van der Waals surface area contributed by atoms with Gasteiger partial charge in [0.25, 0.3) is 11.7 Å². The molecule has 2 aromatic rings. The Morgan fingerprint density at radius 3 is 2.56 bits per heavy atom. The van der Waals surface area contributed by atoms with Gasteiger partial charge in [0.2, 0.25) is 0 Å². The molecular weight excluding hydrogens is 350 g/mol. The summed E-state index contributed by atoms with van der Waals surface area (Å²) in [4.78, 5) is 16.3. The van der Waals surface area contributed by atoms with Crippen LogP contribution < -0.4 is 14.8 Å². The summed E-state index contributed by atoms with van der Waals surface area (Å²) >= 11 is 0.245. The first-order valence-electron chi connectivity index (χ1n) is 7.39. The predicted molar refractivity (Wildman–Crippen MR) is 91.5 cm³/mol. The molecule has 1 atom stereocenters. The quantitative estimate of drug-likeness (QED) is 0.751. The third-order valence-electron chi connectivity index (χ3n) is 3.47. The van der Waals surface area contributed by atoms with Crippen LogP contribution >= 0.6 is 11.8 Å². The van der Waals surface area contributed by atoms with Crippen molar-refractivity contribution in [3.63, 3.8) is 0 Å². The summed E-state index contributed by atoms with van der Waals surface area (Å²) in [7, 11) is 3.06. The average molecular weight is 368 g/mol. The summed E-state index contributed by atoms with van der Waals surface area (Å²) in [6.45, 7) is 1.79. The summed E-state index contributed by atoms with van der Waals surface area (Å²) in [5, 5.41) is 2.78. The summed E-state index contributed by atoms with van der Waals surface area (Å²) in [6, 6.07) is 7.92. The molecule has 1 amide bonds. The van der Waals surface area contributed by atoms with E-state index >= 15 is 0 Å². The van der Waals surface area contributed by atoms with Crippen molar-refractivity contribution < 1.29 is 23.0 Å². The lowest BCUT2D eigenvalue weighted by molar-refractivity contribution is 0.0936. The van der Waals surface area contributed by atoms with E-state index in [0.29, 0.717) is 11.5 Å². The van der Waals surface area contributed by atoms with Crippen molar-refractivity contribution in [1.29, 1.82) is 0 Å². The molecule has 0 saturated heterocycles. The van der Waals surface area contributed by atoms with Crippen LogP contribution in [-0.4, -0.2) is 30.9 Å². The Morgan fingerprint density at radius 1 is 1.20 bits per heavy atom. The highest BCUT2D eigenvalue weighted by molar-refractivity contribution is 7.99. The first-order valence-corrected chi connectivity index (χ1v) is 8.26. The summed E-state index contributed by atoms with van der Waals surface area (Å²) < 4.78 is 35.6. The average Bonchev–Trinajstić information content (AvgIpc) is 2.60. The predicted octanol–water partition coefficient (Wildman–Crippen LogP) is 3.90. The molecule has 1 unspecified atom stereocenters. The van der Waals surface area contributed by atoms with Gasteiger partial charge in [-0.25, -0.2) is 4.98 Å². The molecule has 0 saturated carbocycles. The summed E-state index contributed by atoms with van der Waals surface area (Å²) in [5.74, 6) is -2.01. The van der Waals surface area contributed by atoms with Crippen LogP contribution in [0.4, 0.5) is 8.78 Å². The third-order valence-corrected chi connectivity index (χ3v) is 4.20. The van der Waals surface area contributed by atoms with Crippen LogP contribution in [0.3, 0.4) is 0 Å². The van der Waals surface area contributed by atoms with Crippen molar-refractivity contribution in [1.82, 2.24) is 10.3 Å². The van der Waals surface area contributed by atoms with E-state index in [0.717, 1.165) is 5.56 Å². The van der Waals surface area contributed by atoms with Gasteiger partial charge in [-0.1, -0.05) is 6.07 Å². The van der Waals surface area contributed by atoms with Crippen molar-refractivity contribution in [2.45, 2.75) is 23.7 Å². The van der Waals surface area contributed by atoms with Gasteiger partial charge < -0.3 is 14.8 Å². The maximum Gasteiger partial charge on any atom is 0.290 e. The zero-order valence-corrected chi connectivity index (χ0v) is 14.8. The molecule has 0 aliphatic rings. The molecule has 0 spiro atoms. The van der Waals surface area contributed by atoms with Crippen LogP contribution in [0.25, 0.3) is 0 Å². The number of rotatable bonds is 7. The minimum atomic E-state index is -2.65. The second-order valence-electron chi connectivity index (χ2n) is 5.04. The molecule has 0 aliphatic heterocycles. The molecule has 0 fully saturated rings. The fourth-order valence-electron chi connectivity index (χ4n) is 2.22. The molecule has 1 heterocycles. The number of methoxy groups -OCH3 is 2. The van der Waals surface area contributed by atoms with Crippen LogP contribution in [-0.2, 0) is 0 Å². The van der Waals surface area contributed by atoms with Gasteiger partial charge in [0.1, 0.15) is 5.03 Å². The number of benzene rings is 1. The van der Waals surface area contributed by atoms with Crippen molar-refractivity contribution in [2.75, 3.05) is 14.2 Å². The van der Waals surface area contributed by atoms with Crippen molar-refractivity contribution in [2.24, 2.45) is 0 Å². The normalized spacial score (nSPS) is 11.9. The number of pyridine rings is 1. The lowest BCUT2D eigenvalue weighted by Gasteiger charge is -2.17. The molecular formula is C17H18F2N2O3S. The Hall–Kier alpha value is -2.35. The first-order chi connectivity index (χ1) is 12.0. The Balaban J connectivity index is 2.18. The SMILES string of the molecule is COc1ccc(C(C)NC(=O)c2cccnc2SC(F)F)cc1OC. The molecule has 134 valence electrons. The number of amides is 1. The van der Waals surface area contributed by atoms with E-state index in [1.807, 2.05) is 0 Å². The highest BCUT2D eigenvalue weighted by atomic mass is 32.2. The molecule has 1 aromatic carbocycles. The maximum atomic E-state index is 12.6. The number of carbonyl (C=O) groups excluding carboxylic acids is 1. The lowest BCUT2D eigenvalue weighted by atomic mass is 10.1. The number of carbonyl (C=O) groups is 1. The fraction of sp³-hybridized carbons (Fsp3) is 0.294. The first kappa shape index (κ1) is 19.0. The van der Waals surface area contributed by atoms with E-state index in [2.05, 4.69) is 10.3 Å². The second kappa shape index (κ2) is 8.66. The minimum Gasteiger partial charge on any atom is -0.493 e. The van der Waals surface area contributed by atoms with Crippen LogP contribution in [0, 0.1) is 0 Å². The van der Waals surface area contributed by atoms with Crippen molar-refractivity contribution >= 4 is 17.7 Å². The summed E-state index contributed by atoms with van der Waals surface area (Å²) in [6.07, 6.45) is 1.37. The minimum absolute atomic E-state index is 0.00508. The zero-order valence-electron chi connectivity index (χ0n) is 14.0. The van der Waals surface area contributed by atoms with Gasteiger partial charge in [-0.05, 0) is 48.5 Å². The number of aromatic nitrogens is 1. The second-order valence-corrected chi connectivity index (χ2v) is 6.02. The molecule has 1 N–H and O–H groups in total. The number of alkyl halides is 2. The maximum absolute atomic E-state index is 12.6. The number of ether oxygens (including phenoxy) is 2. The molecule has 5 nitrogen and oxygen atoms in total. The number of thioether (sulfide) groups is 1. The Kier molecular flexibility index (Phi) is 6.58. The topological polar surface area (TPSA) is 60.5 Å². The Bertz CT molecular complexity index is 744. The van der Waals surface area contributed by atoms with Gasteiger partial charge in [0, 0.05) is 6.20 Å². The molecule has 1 aromatic heterocycles. The van der Waals surface area contributed by atoms with E-state index in [1.54, 1.807) is 25.1 Å². The number of nitrogens with zero attached hydrogens (tertiary/aromatic N) is 1. The fourth-order valence-corrected chi connectivity index (χ4v) is 2.80. The molecule has 2 rings (SSSR count). The van der Waals surface area contributed by atoms with Crippen LogP contribution in [0.15, 0.2) is 41.6 Å². The van der Waals surface area contributed by atoms with Crippen molar-refractivity contribution in [3.05, 3.63) is 47.7 Å². The van der Waals surface area contributed by atoms with E-state index in [1.165, 1.54) is 32.5 Å². The zero-order chi connectivity index (χ0) is 18.4. The molecule has 0 radical (unpaired) electrons. The monoisotopic (exact) mass is 368 g/mol. The van der Waals surface area contributed by atoms with E-state index < -0.39 is 11.7 Å². The standard InChI is InChI=1S/C17H18F2N2O3S/c1-10(11-6-7-13(23-2)14(9-11)24-3)21-15(22)12-5-4-8-20-16(12)25-17(18)19/h4-10,17H,1-3H3,(H,21,22). The number of hydrogen-bond donors (Lipinski definition) is 1. The molecule has 0 aliphatic carbocycles. The van der Waals surface area contributed by atoms with Crippen molar-refractivity contribution in [3.8, 4) is 11.5 Å². The number of hydrogen-bond acceptors (Lipinski definition) is 5. The number of halogens is 2. The summed E-state index contributed by atoms with van der Waals surface area (Å²) in [5.41, 5.74) is 0.901. The van der Waals surface area contributed by atoms with E-state index in [-0.39, 0.29) is 28.4 Å². The molecule has 25 heavy (non-hydrogen) atoms. The van der Waals surface area contributed by atoms with E-state index in [4.69, 9.17) is 9.47 Å². The number of nitrogens with one attached hydrogen (secondary N) is 1. The highest BCUT2D eigenvalue weighted by Gasteiger charge is 2.19. The Labute approximate surface area is 148 Å². The smallest absolute Gasteiger partial charge is 0.290 e. The van der Waals surface area contributed by atoms with Crippen LogP contribution in [0.2, 0.25) is 0 Å². The van der Waals surface area contributed by atoms with Gasteiger partial charge in [-0.2, -0.15) is 8.78 Å². The Morgan fingerprint density at radius 2 is 1.92 bits per heavy atom. The van der Waals surface area contributed by atoms with Crippen LogP contribution in [0.1, 0.15) is 28.9 Å². The van der Waals surface area contributed by atoms with Gasteiger partial charge in [0.05, 0.1) is 25.8 Å². The van der Waals surface area contributed by atoms with Gasteiger partial charge >= 0.3 is 0 Å². The van der Waals surface area contributed by atoms with Gasteiger partial charge in [-0.3, -0.25) is 4.79 Å². The highest BCUT2D eigenvalue weighted by Crippen LogP contribution is 2.30. The molecule has 0 bridgehead atoms. The van der Waals surface area contributed by atoms with E-state index in [9.17, 15) is 13.6 Å². The third kappa shape index (κ3) is 4.82. The van der Waals surface area contributed by atoms with Crippen LogP contribution in [0.5, 0.6) is 11.5 Å². The van der Waals surface area contributed by atoms with Gasteiger partial charge in [0.15, 0.2) is 11.5 Å². The van der Waals surface area contributed by atoms with Gasteiger partial charge in [-0.15, -0.1) is 0 Å². The lowest BCUT2D eigenvalue weighted by Crippen LogP contribution is -2.27. The largest absolute Gasteiger partial charge is 0.493 e.